The van der Waals surface area contributed by atoms with Crippen LogP contribution in [0.25, 0.3) is 0 Å². The number of hydrogen-bond donors (Lipinski definition) is 2. The lowest BCUT2D eigenvalue weighted by atomic mass is 9.84. The predicted molar refractivity (Wildman–Crippen MR) is 134 cm³/mol. The second-order valence-electron chi connectivity index (χ2n) is 8.67. The molecule has 2 N–H and O–H groups in total. The molecule has 1 fully saturated rings. The highest BCUT2D eigenvalue weighted by Crippen LogP contribution is 2.37. The lowest BCUT2D eigenvalue weighted by molar-refractivity contribution is 0.411. The minimum absolute atomic E-state index is 0.126. The third-order valence-electron chi connectivity index (χ3n) is 6.07. The Labute approximate surface area is 205 Å². The maximum Gasteiger partial charge on any atom is 0.232 e. The molecule has 1 aromatic heterocycles. The molecule has 2 aromatic carbocycles. The van der Waals surface area contributed by atoms with E-state index in [1.165, 1.54) is 18.8 Å². The van der Waals surface area contributed by atoms with E-state index in [2.05, 4.69) is 25.6 Å². The van der Waals surface area contributed by atoms with Crippen molar-refractivity contribution in [3.8, 4) is 5.75 Å². The van der Waals surface area contributed by atoms with Crippen molar-refractivity contribution >= 4 is 33.1 Å². The Morgan fingerprint density at radius 2 is 1.71 bits per heavy atom. The molecule has 180 valence electrons. The summed E-state index contributed by atoms with van der Waals surface area (Å²) < 4.78 is 53.7. The first-order chi connectivity index (χ1) is 17.5. The molecular weight excluding hydrogens is 450 g/mol. The van der Waals surface area contributed by atoms with Gasteiger partial charge in [-0.05, 0) is 62.4 Å². The molecule has 1 aliphatic carbocycles. The van der Waals surface area contributed by atoms with Gasteiger partial charge in [-0.25, -0.2) is 18.4 Å². The van der Waals surface area contributed by atoms with E-state index in [0.29, 0.717) is 17.3 Å². The van der Waals surface area contributed by atoms with E-state index in [0.717, 1.165) is 31.2 Å². The van der Waals surface area contributed by atoms with Crippen LogP contribution in [0.4, 0.5) is 23.3 Å². The molecule has 34 heavy (non-hydrogen) atoms. The van der Waals surface area contributed by atoms with Gasteiger partial charge in [0.15, 0.2) is 9.84 Å². The number of aromatic nitrogens is 3. The summed E-state index contributed by atoms with van der Waals surface area (Å²) in [4.78, 5) is 12.7. The summed E-state index contributed by atoms with van der Waals surface area (Å²) in [7, 11) is -6.17. The molecule has 4 rings (SSSR count). The third kappa shape index (κ3) is 5.30. The zero-order chi connectivity index (χ0) is 26.6. The van der Waals surface area contributed by atoms with Gasteiger partial charge in [-0.2, -0.15) is 4.98 Å². The Hall–Kier alpha value is -3.20. The second kappa shape index (κ2) is 10.4. The molecule has 1 aliphatic rings. The van der Waals surface area contributed by atoms with E-state index >= 15 is 0 Å². The van der Waals surface area contributed by atoms with Crippen LogP contribution in [0.1, 0.15) is 61.5 Å². The fourth-order valence-corrected chi connectivity index (χ4v) is 5.35. The Bertz CT molecular complexity index is 1340. The normalized spacial score (nSPS) is 16.4. The number of anilines is 4. The maximum absolute atomic E-state index is 12.8. The molecule has 0 bridgehead atoms. The molecule has 0 atom stereocenters. The first-order valence-electron chi connectivity index (χ1n) is 12.9. The minimum atomic E-state index is -3.54. The van der Waals surface area contributed by atoms with Crippen LogP contribution in [0.2, 0.25) is 0 Å². The van der Waals surface area contributed by atoms with E-state index in [1.54, 1.807) is 44.2 Å². The van der Waals surface area contributed by atoms with Crippen LogP contribution in [0.15, 0.2) is 53.7 Å². The summed E-state index contributed by atoms with van der Waals surface area (Å²) >= 11 is 0. The van der Waals surface area contributed by atoms with E-state index in [1.807, 2.05) is 6.07 Å². The SMILES string of the molecule is [2H]C([2H])([2H])Oc1cc(C2CCCCC2)ccc1Nc1ncnc(Nc2ccccc2S(=O)(=O)C(C)C)n1. The number of para-hydroxylation sites is 1. The summed E-state index contributed by atoms with van der Waals surface area (Å²) in [6.07, 6.45) is 6.94. The Morgan fingerprint density at radius 1 is 1.00 bits per heavy atom. The first-order valence-corrected chi connectivity index (χ1v) is 13.0. The van der Waals surface area contributed by atoms with E-state index in [9.17, 15) is 8.42 Å². The van der Waals surface area contributed by atoms with Gasteiger partial charge in [-0.3, -0.25) is 0 Å². The third-order valence-corrected chi connectivity index (χ3v) is 8.28. The molecule has 9 heteroatoms. The van der Waals surface area contributed by atoms with Crippen LogP contribution < -0.4 is 15.4 Å². The summed E-state index contributed by atoms with van der Waals surface area (Å²) in [5, 5.41) is 5.38. The fraction of sp³-hybridized carbons (Fsp3) is 0.400. The Morgan fingerprint density at radius 3 is 2.41 bits per heavy atom. The molecule has 0 radical (unpaired) electrons. The molecule has 1 heterocycles. The molecule has 8 nitrogen and oxygen atoms in total. The molecule has 1 saturated carbocycles. The number of benzene rings is 2. The van der Waals surface area contributed by atoms with E-state index < -0.39 is 22.1 Å². The first kappa shape index (κ1) is 20.2. The van der Waals surface area contributed by atoms with Crippen LogP contribution >= 0.6 is 0 Å². The highest BCUT2D eigenvalue weighted by molar-refractivity contribution is 7.92. The zero-order valence-corrected chi connectivity index (χ0v) is 20.1. The van der Waals surface area contributed by atoms with Gasteiger partial charge in [0.05, 0.1) is 32.7 Å². The molecule has 0 spiro atoms. The van der Waals surface area contributed by atoms with Gasteiger partial charge in [-0.1, -0.05) is 37.5 Å². The second-order valence-corrected chi connectivity index (χ2v) is 11.1. The average molecular weight is 485 g/mol. The summed E-state index contributed by atoms with van der Waals surface area (Å²) in [5.41, 5.74) is 1.79. The monoisotopic (exact) mass is 484 g/mol. The van der Waals surface area contributed by atoms with Gasteiger partial charge in [-0.15, -0.1) is 0 Å². The smallest absolute Gasteiger partial charge is 0.232 e. The van der Waals surface area contributed by atoms with Crippen molar-refractivity contribution in [1.82, 2.24) is 15.0 Å². The summed E-state index contributed by atoms with van der Waals surface area (Å²) in [6, 6.07) is 12.1. The number of hydrogen-bond acceptors (Lipinski definition) is 8. The standard InChI is InChI=1S/C25H31N5O3S/c1-17(2)34(31,32)23-12-8-7-11-21(23)29-25-27-16-26-24(30-25)28-20-14-13-19(15-22(20)33-3)18-9-5-4-6-10-18/h7-8,11-18H,4-6,9-10H2,1-3H3,(H2,26,27,28,29,30)/i3D3. The Kier molecular flexibility index (Phi) is 6.17. The molecule has 0 unspecified atom stereocenters. The van der Waals surface area contributed by atoms with Crippen molar-refractivity contribution in [1.29, 1.82) is 0 Å². The molecule has 0 aliphatic heterocycles. The minimum Gasteiger partial charge on any atom is -0.495 e. The van der Waals surface area contributed by atoms with Crippen molar-refractivity contribution < 1.29 is 17.3 Å². The number of sulfone groups is 1. The van der Waals surface area contributed by atoms with E-state index in [4.69, 9.17) is 8.85 Å². The molecule has 0 saturated heterocycles. The lowest BCUT2D eigenvalue weighted by Crippen LogP contribution is -2.16. The number of nitrogens with zero attached hydrogens (tertiary/aromatic N) is 3. The number of ether oxygens (including phenoxy) is 1. The highest BCUT2D eigenvalue weighted by Gasteiger charge is 2.23. The van der Waals surface area contributed by atoms with Crippen molar-refractivity contribution in [2.75, 3.05) is 17.7 Å². The topological polar surface area (TPSA) is 106 Å². The predicted octanol–water partition coefficient (Wildman–Crippen LogP) is 5.60. The number of methoxy groups -OCH3 is 1. The van der Waals surface area contributed by atoms with Gasteiger partial charge in [0.25, 0.3) is 0 Å². The van der Waals surface area contributed by atoms with Crippen LogP contribution in [-0.2, 0) is 9.84 Å². The number of rotatable bonds is 8. The van der Waals surface area contributed by atoms with Crippen LogP contribution in [0.5, 0.6) is 5.75 Å². The van der Waals surface area contributed by atoms with Gasteiger partial charge < -0.3 is 15.4 Å². The number of nitrogens with one attached hydrogen (secondary N) is 2. The quantitative estimate of drug-likeness (QED) is 0.426. The lowest BCUT2D eigenvalue weighted by Gasteiger charge is -2.23. The Balaban J connectivity index is 1.60. The van der Waals surface area contributed by atoms with Gasteiger partial charge >= 0.3 is 0 Å². The highest BCUT2D eigenvalue weighted by atomic mass is 32.2. The molecule has 3 aromatic rings. The van der Waals surface area contributed by atoms with Crippen molar-refractivity contribution in [2.24, 2.45) is 0 Å². The van der Waals surface area contributed by atoms with Crippen molar-refractivity contribution in [2.45, 2.75) is 62.0 Å². The molecule has 0 amide bonds. The van der Waals surface area contributed by atoms with Crippen molar-refractivity contribution in [3.63, 3.8) is 0 Å². The molecular formula is C25H31N5O3S. The van der Waals surface area contributed by atoms with Gasteiger partial charge in [0.2, 0.25) is 11.9 Å². The average Bonchev–Trinajstić information content (AvgIpc) is 2.85. The zero-order valence-electron chi connectivity index (χ0n) is 22.3. The van der Waals surface area contributed by atoms with Gasteiger partial charge in [0, 0.05) is 0 Å². The van der Waals surface area contributed by atoms with E-state index in [-0.39, 0.29) is 22.5 Å². The summed E-state index contributed by atoms with van der Waals surface area (Å²) in [6.45, 7) is 3.24. The summed E-state index contributed by atoms with van der Waals surface area (Å²) in [5.74, 6) is 0.826. The van der Waals surface area contributed by atoms with Crippen LogP contribution in [0.3, 0.4) is 0 Å². The van der Waals surface area contributed by atoms with Crippen LogP contribution in [-0.4, -0.2) is 35.7 Å². The largest absolute Gasteiger partial charge is 0.495 e. The van der Waals surface area contributed by atoms with Crippen LogP contribution in [0, 0.1) is 0 Å². The maximum atomic E-state index is 12.8. The fourth-order valence-electron chi connectivity index (χ4n) is 4.15. The van der Waals surface area contributed by atoms with Crippen molar-refractivity contribution in [3.05, 3.63) is 54.4 Å². The van der Waals surface area contributed by atoms with Gasteiger partial charge in [0.1, 0.15) is 12.1 Å².